The number of nitrogens with zero attached hydrogens (tertiary/aromatic N) is 1. The molecule has 1 aliphatic rings. The number of hydrogen-bond acceptors (Lipinski definition) is 3. The molecule has 1 fully saturated rings. The van der Waals surface area contributed by atoms with E-state index in [2.05, 4.69) is 13.8 Å². The largest absolute Gasteiger partial charge is 0.483 e. The molecule has 1 amide bonds. The minimum absolute atomic E-state index is 0.0557. The third kappa shape index (κ3) is 3.84. The minimum Gasteiger partial charge on any atom is -0.483 e. The normalized spacial score (nSPS) is 20.8. The Labute approximate surface area is 137 Å². The summed E-state index contributed by atoms with van der Waals surface area (Å²) in [6.07, 6.45) is 0.504. The van der Waals surface area contributed by atoms with Crippen molar-refractivity contribution in [3.8, 4) is 5.75 Å². The van der Waals surface area contributed by atoms with Gasteiger partial charge in [0.1, 0.15) is 5.75 Å². The third-order valence-electron chi connectivity index (χ3n) is 4.53. The Morgan fingerprint density at radius 2 is 2.09 bits per heavy atom. The Morgan fingerprint density at radius 3 is 2.65 bits per heavy atom. The predicted octanol–water partition coefficient (Wildman–Crippen LogP) is 2.82. The molecule has 0 aromatic heterocycles. The molecule has 2 atom stereocenters. The molecule has 126 valence electrons. The Morgan fingerprint density at radius 1 is 1.39 bits per heavy atom. The van der Waals surface area contributed by atoms with E-state index in [0.717, 1.165) is 16.9 Å². The number of carbonyl (C=O) groups excluding carboxylic acids is 1. The number of ether oxygens (including phenoxy) is 1. The highest BCUT2D eigenvalue weighted by atomic mass is 16.5. The van der Waals surface area contributed by atoms with E-state index in [0.29, 0.717) is 18.9 Å². The van der Waals surface area contributed by atoms with Crippen molar-refractivity contribution in [3.05, 3.63) is 29.3 Å². The molecule has 0 saturated carbocycles. The summed E-state index contributed by atoms with van der Waals surface area (Å²) in [5.41, 5.74) is 2.15. The molecule has 1 aromatic carbocycles. The van der Waals surface area contributed by atoms with E-state index in [-0.39, 0.29) is 18.6 Å². The second-order valence-electron chi connectivity index (χ2n) is 6.55. The summed E-state index contributed by atoms with van der Waals surface area (Å²) in [7, 11) is 0. The van der Waals surface area contributed by atoms with Crippen LogP contribution in [0.15, 0.2) is 18.2 Å². The van der Waals surface area contributed by atoms with Crippen LogP contribution < -0.4 is 4.74 Å². The zero-order valence-electron chi connectivity index (χ0n) is 14.2. The summed E-state index contributed by atoms with van der Waals surface area (Å²) in [5, 5.41) is 9.15. The molecule has 0 aliphatic carbocycles. The quantitative estimate of drug-likeness (QED) is 0.906. The first-order valence-corrected chi connectivity index (χ1v) is 8.07. The average Bonchev–Trinajstić information content (AvgIpc) is 2.86. The fraction of sp³-hybridized carbons (Fsp3) is 0.556. The highest BCUT2D eigenvalue weighted by Gasteiger charge is 2.38. The van der Waals surface area contributed by atoms with Gasteiger partial charge in [-0.1, -0.05) is 26.0 Å². The SMILES string of the molecule is Cc1ccc(C(C)C)c(OCC(=O)N2CCC(C(=O)O)C2C)c1. The lowest BCUT2D eigenvalue weighted by Crippen LogP contribution is -2.40. The Balaban J connectivity index is 2.03. The summed E-state index contributed by atoms with van der Waals surface area (Å²) < 4.78 is 5.76. The van der Waals surface area contributed by atoms with Crippen LogP contribution in [0.4, 0.5) is 0 Å². The van der Waals surface area contributed by atoms with Crippen molar-refractivity contribution in [2.45, 2.75) is 46.1 Å². The lowest BCUT2D eigenvalue weighted by molar-refractivity contribution is -0.143. The van der Waals surface area contributed by atoms with Crippen molar-refractivity contribution in [2.75, 3.05) is 13.2 Å². The van der Waals surface area contributed by atoms with E-state index >= 15 is 0 Å². The molecule has 1 aromatic rings. The molecule has 1 saturated heterocycles. The average molecular weight is 319 g/mol. The first-order chi connectivity index (χ1) is 10.8. The van der Waals surface area contributed by atoms with Gasteiger partial charge in [-0.15, -0.1) is 0 Å². The monoisotopic (exact) mass is 319 g/mol. The van der Waals surface area contributed by atoms with Gasteiger partial charge >= 0.3 is 5.97 Å². The number of rotatable bonds is 5. The number of carboxylic acid groups (broad SMARTS) is 1. The molecule has 1 N–H and O–H groups in total. The highest BCUT2D eigenvalue weighted by molar-refractivity contribution is 5.80. The van der Waals surface area contributed by atoms with E-state index in [9.17, 15) is 9.59 Å². The van der Waals surface area contributed by atoms with Crippen LogP contribution in [0.25, 0.3) is 0 Å². The van der Waals surface area contributed by atoms with Gasteiger partial charge in [-0.2, -0.15) is 0 Å². The van der Waals surface area contributed by atoms with Crippen LogP contribution in [0.5, 0.6) is 5.75 Å². The first kappa shape index (κ1) is 17.3. The maximum atomic E-state index is 12.4. The van der Waals surface area contributed by atoms with Gasteiger partial charge in [0.25, 0.3) is 5.91 Å². The molecule has 23 heavy (non-hydrogen) atoms. The molecular formula is C18H25NO4. The molecular weight excluding hydrogens is 294 g/mol. The highest BCUT2D eigenvalue weighted by Crippen LogP contribution is 2.28. The molecule has 0 radical (unpaired) electrons. The molecule has 5 heteroatoms. The molecule has 1 aliphatic heterocycles. The zero-order chi connectivity index (χ0) is 17.1. The third-order valence-corrected chi connectivity index (χ3v) is 4.53. The summed E-state index contributed by atoms with van der Waals surface area (Å²) in [6, 6.07) is 5.71. The van der Waals surface area contributed by atoms with Crippen molar-refractivity contribution in [1.29, 1.82) is 0 Å². The van der Waals surface area contributed by atoms with Gasteiger partial charge in [-0.3, -0.25) is 9.59 Å². The number of likely N-dealkylation sites (tertiary alicyclic amines) is 1. The van der Waals surface area contributed by atoms with Gasteiger partial charge in [-0.05, 0) is 43.4 Å². The topological polar surface area (TPSA) is 66.8 Å². The van der Waals surface area contributed by atoms with Crippen LogP contribution >= 0.6 is 0 Å². The van der Waals surface area contributed by atoms with Crippen molar-refractivity contribution in [1.82, 2.24) is 4.90 Å². The van der Waals surface area contributed by atoms with Crippen LogP contribution in [0.2, 0.25) is 0 Å². The van der Waals surface area contributed by atoms with Gasteiger partial charge in [0.15, 0.2) is 6.61 Å². The zero-order valence-corrected chi connectivity index (χ0v) is 14.2. The van der Waals surface area contributed by atoms with Crippen LogP contribution in [0.1, 0.15) is 44.2 Å². The second kappa shape index (κ2) is 7.02. The van der Waals surface area contributed by atoms with E-state index < -0.39 is 11.9 Å². The van der Waals surface area contributed by atoms with Gasteiger partial charge in [0.2, 0.25) is 0 Å². The van der Waals surface area contributed by atoms with E-state index in [4.69, 9.17) is 9.84 Å². The molecule has 0 spiro atoms. The van der Waals surface area contributed by atoms with Gasteiger partial charge in [-0.25, -0.2) is 0 Å². The maximum Gasteiger partial charge on any atom is 0.308 e. The lowest BCUT2D eigenvalue weighted by Gasteiger charge is -2.24. The number of amides is 1. The van der Waals surface area contributed by atoms with Crippen molar-refractivity contribution in [3.63, 3.8) is 0 Å². The van der Waals surface area contributed by atoms with Crippen molar-refractivity contribution < 1.29 is 19.4 Å². The van der Waals surface area contributed by atoms with Crippen LogP contribution in [0.3, 0.4) is 0 Å². The molecule has 2 unspecified atom stereocenters. The molecule has 2 rings (SSSR count). The maximum absolute atomic E-state index is 12.4. The first-order valence-electron chi connectivity index (χ1n) is 8.07. The summed E-state index contributed by atoms with van der Waals surface area (Å²) >= 11 is 0. The lowest BCUT2D eigenvalue weighted by atomic mass is 10.0. The van der Waals surface area contributed by atoms with E-state index in [1.807, 2.05) is 25.1 Å². The van der Waals surface area contributed by atoms with Crippen molar-refractivity contribution >= 4 is 11.9 Å². The van der Waals surface area contributed by atoms with Crippen LogP contribution in [-0.2, 0) is 9.59 Å². The van der Waals surface area contributed by atoms with Gasteiger partial charge in [0, 0.05) is 12.6 Å². The standard InChI is InChI=1S/C18H25NO4/c1-11(2)14-6-5-12(3)9-16(14)23-10-17(20)19-8-7-15(13(19)4)18(21)22/h5-6,9,11,13,15H,7-8,10H2,1-4H3,(H,21,22). The number of aryl methyl sites for hydroxylation is 1. The van der Waals surface area contributed by atoms with Gasteiger partial charge < -0.3 is 14.7 Å². The molecule has 5 nitrogen and oxygen atoms in total. The minimum atomic E-state index is -0.838. The Bertz CT molecular complexity index is 597. The fourth-order valence-corrected chi connectivity index (χ4v) is 3.09. The molecule has 0 bridgehead atoms. The van der Waals surface area contributed by atoms with Crippen molar-refractivity contribution in [2.24, 2.45) is 5.92 Å². The summed E-state index contributed by atoms with van der Waals surface area (Å²) in [5.74, 6) is -0.436. The Hall–Kier alpha value is -2.04. The number of carboxylic acids is 1. The second-order valence-corrected chi connectivity index (χ2v) is 6.55. The molecule has 1 heterocycles. The number of hydrogen-bond donors (Lipinski definition) is 1. The summed E-state index contributed by atoms with van der Waals surface area (Å²) in [4.78, 5) is 25.1. The van der Waals surface area contributed by atoms with Crippen LogP contribution in [0, 0.1) is 12.8 Å². The van der Waals surface area contributed by atoms with E-state index in [1.54, 1.807) is 11.8 Å². The number of carbonyl (C=O) groups is 2. The van der Waals surface area contributed by atoms with E-state index in [1.165, 1.54) is 0 Å². The van der Waals surface area contributed by atoms with Crippen LogP contribution in [-0.4, -0.2) is 41.1 Å². The number of benzene rings is 1. The van der Waals surface area contributed by atoms with Gasteiger partial charge in [0.05, 0.1) is 5.92 Å². The Kier molecular flexibility index (Phi) is 5.29. The smallest absolute Gasteiger partial charge is 0.308 e. The fourth-order valence-electron chi connectivity index (χ4n) is 3.09. The summed E-state index contributed by atoms with van der Waals surface area (Å²) in [6.45, 7) is 8.36. The predicted molar refractivity (Wildman–Crippen MR) is 87.7 cm³/mol. The number of aliphatic carboxylic acids is 1.